The Bertz CT molecular complexity index is 921. The molecular weight excluding hydrogens is 457 g/mol. The molecule has 2 atom stereocenters. The van der Waals surface area contributed by atoms with Crippen LogP contribution in [0.2, 0.25) is 0 Å². The molecule has 1 aromatic rings. The first-order valence-electron chi connectivity index (χ1n) is 10.4. The number of nitrogens with zero attached hydrogens (tertiary/aromatic N) is 1. The van der Waals surface area contributed by atoms with Crippen LogP contribution in [0.4, 0.5) is 9.59 Å². The van der Waals surface area contributed by atoms with E-state index < -0.39 is 49.7 Å². The highest BCUT2D eigenvalue weighted by Crippen LogP contribution is 2.34. The van der Waals surface area contributed by atoms with Crippen LogP contribution in [0.3, 0.4) is 0 Å². The van der Waals surface area contributed by atoms with Crippen molar-refractivity contribution in [3.63, 3.8) is 0 Å². The smallest absolute Gasteiger partial charge is 0.432 e. The fourth-order valence-electron chi connectivity index (χ4n) is 3.44. The highest BCUT2D eigenvalue weighted by Gasteiger charge is 2.54. The molecule has 0 bridgehead atoms. The van der Waals surface area contributed by atoms with E-state index in [-0.39, 0.29) is 13.0 Å². The number of unbranched alkanes of at least 4 members (excludes halogenated alkanes) is 1. The van der Waals surface area contributed by atoms with E-state index in [1.165, 1.54) is 5.09 Å². The van der Waals surface area contributed by atoms with E-state index in [2.05, 4.69) is 5.32 Å². The Morgan fingerprint density at radius 1 is 1.21 bits per heavy atom. The molecule has 5 amide bonds. The fourth-order valence-corrected chi connectivity index (χ4v) is 3.73. The number of benzene rings is 1. The molecule has 2 rings (SSSR count). The largest absolute Gasteiger partial charge is 0.442 e. The van der Waals surface area contributed by atoms with Gasteiger partial charge in [-0.1, -0.05) is 50.6 Å². The number of carbonyl (C=O) groups is 4. The molecule has 0 saturated carbocycles. The standard InChI is InChI=1S/C20H28N3O9P/c1-3-5-11-31-13-15(32-19(27)22-33(28,29)30)12-23-17(25)20(4-2,16(24)21-18(23)26)14-9-7-6-8-10-14/h6-10,15H,3-5,11-13H2,1-2H3,(H,21,24,26)(H3,22,27,28,29,30). The number of barbiturate groups is 1. The summed E-state index contributed by atoms with van der Waals surface area (Å²) in [5.74, 6) is -1.57. The Balaban J connectivity index is 2.29. The third kappa shape index (κ3) is 6.61. The molecule has 0 radical (unpaired) electrons. The van der Waals surface area contributed by atoms with Crippen LogP contribution in [0, 0.1) is 0 Å². The van der Waals surface area contributed by atoms with Gasteiger partial charge in [0, 0.05) is 6.61 Å². The van der Waals surface area contributed by atoms with Crippen LogP contribution in [0.25, 0.3) is 0 Å². The van der Waals surface area contributed by atoms with Crippen LogP contribution in [-0.2, 0) is 29.0 Å². The van der Waals surface area contributed by atoms with Gasteiger partial charge in [-0.3, -0.25) is 19.8 Å². The van der Waals surface area contributed by atoms with Crippen LogP contribution >= 0.6 is 7.75 Å². The summed E-state index contributed by atoms with van der Waals surface area (Å²) < 4.78 is 21.5. The molecule has 1 aromatic carbocycles. The van der Waals surface area contributed by atoms with Gasteiger partial charge in [0.25, 0.3) is 5.91 Å². The van der Waals surface area contributed by atoms with Gasteiger partial charge in [0.1, 0.15) is 6.10 Å². The first-order valence-corrected chi connectivity index (χ1v) is 12.0. The van der Waals surface area contributed by atoms with E-state index >= 15 is 0 Å². The molecule has 33 heavy (non-hydrogen) atoms. The maximum absolute atomic E-state index is 13.4. The minimum absolute atomic E-state index is 0.0582. The Kier molecular flexibility index (Phi) is 9.12. The predicted molar refractivity (Wildman–Crippen MR) is 115 cm³/mol. The van der Waals surface area contributed by atoms with Gasteiger partial charge in [0.2, 0.25) is 5.91 Å². The third-order valence-electron chi connectivity index (χ3n) is 5.10. The zero-order chi connectivity index (χ0) is 24.6. The maximum atomic E-state index is 13.4. The minimum atomic E-state index is -4.93. The van der Waals surface area contributed by atoms with Gasteiger partial charge in [-0.25, -0.2) is 19.2 Å². The van der Waals surface area contributed by atoms with E-state index in [1.54, 1.807) is 37.3 Å². The second-order valence-corrected chi connectivity index (χ2v) is 8.72. The van der Waals surface area contributed by atoms with Crippen LogP contribution in [0.5, 0.6) is 0 Å². The van der Waals surface area contributed by atoms with Gasteiger partial charge >= 0.3 is 19.9 Å². The van der Waals surface area contributed by atoms with Gasteiger partial charge in [-0.05, 0) is 18.4 Å². The lowest BCUT2D eigenvalue weighted by Crippen LogP contribution is -2.67. The molecule has 13 heteroatoms. The molecule has 0 spiro atoms. The van der Waals surface area contributed by atoms with E-state index in [0.717, 1.165) is 11.3 Å². The summed E-state index contributed by atoms with van der Waals surface area (Å²) in [6.45, 7) is 3.13. The van der Waals surface area contributed by atoms with Crippen molar-refractivity contribution >= 4 is 31.7 Å². The minimum Gasteiger partial charge on any atom is -0.442 e. The van der Waals surface area contributed by atoms with Gasteiger partial charge < -0.3 is 19.3 Å². The number of imide groups is 2. The van der Waals surface area contributed by atoms with Gasteiger partial charge in [-0.2, -0.15) is 0 Å². The summed E-state index contributed by atoms with van der Waals surface area (Å²) in [4.78, 5) is 69.2. The summed E-state index contributed by atoms with van der Waals surface area (Å²) in [6, 6.07) is 7.25. The number of hydrogen-bond acceptors (Lipinski definition) is 7. The molecule has 182 valence electrons. The number of ether oxygens (including phenoxy) is 2. The molecular formula is C20H28N3O9P. The molecule has 1 aliphatic heterocycles. The van der Waals surface area contributed by atoms with Gasteiger partial charge in [0.15, 0.2) is 5.41 Å². The fraction of sp³-hybridized carbons (Fsp3) is 0.500. The monoisotopic (exact) mass is 485 g/mol. The summed E-state index contributed by atoms with van der Waals surface area (Å²) in [5.41, 5.74) is -1.28. The molecule has 1 saturated heterocycles. The van der Waals surface area contributed by atoms with Crippen molar-refractivity contribution in [2.75, 3.05) is 19.8 Å². The zero-order valence-electron chi connectivity index (χ0n) is 18.4. The highest BCUT2D eigenvalue weighted by molar-refractivity contribution is 7.50. The van der Waals surface area contributed by atoms with E-state index in [4.69, 9.17) is 19.3 Å². The van der Waals surface area contributed by atoms with Crippen molar-refractivity contribution in [1.82, 2.24) is 15.3 Å². The molecule has 0 aliphatic carbocycles. The number of nitrogens with one attached hydrogen (secondary N) is 2. The Hall–Kier alpha value is -2.79. The first-order chi connectivity index (χ1) is 15.5. The number of carbonyl (C=O) groups excluding carboxylic acids is 4. The highest BCUT2D eigenvalue weighted by atomic mass is 31.2. The molecule has 1 fully saturated rings. The summed E-state index contributed by atoms with van der Waals surface area (Å²) in [7, 11) is -4.93. The Morgan fingerprint density at radius 2 is 1.88 bits per heavy atom. The van der Waals surface area contributed by atoms with Gasteiger partial charge in [0.05, 0.1) is 13.2 Å². The summed E-state index contributed by atoms with van der Waals surface area (Å²) in [5, 5.41) is 3.54. The lowest BCUT2D eigenvalue weighted by Gasteiger charge is -2.40. The second-order valence-electron chi connectivity index (χ2n) is 7.41. The topological polar surface area (TPSA) is 172 Å². The van der Waals surface area contributed by atoms with Crippen LogP contribution in [0.1, 0.15) is 38.7 Å². The third-order valence-corrected chi connectivity index (χ3v) is 5.58. The molecule has 12 nitrogen and oxygen atoms in total. The number of hydrogen-bond donors (Lipinski definition) is 4. The van der Waals surface area contributed by atoms with E-state index in [0.29, 0.717) is 18.6 Å². The average molecular weight is 485 g/mol. The summed E-state index contributed by atoms with van der Waals surface area (Å²) >= 11 is 0. The van der Waals surface area contributed by atoms with Crippen LogP contribution in [0.15, 0.2) is 30.3 Å². The number of amides is 5. The molecule has 0 aromatic heterocycles. The Morgan fingerprint density at radius 3 is 2.45 bits per heavy atom. The summed E-state index contributed by atoms with van der Waals surface area (Å²) in [6.07, 6.45) is -1.11. The predicted octanol–water partition coefficient (Wildman–Crippen LogP) is 1.42. The molecule has 1 heterocycles. The number of rotatable bonds is 11. The first kappa shape index (κ1) is 26.5. The zero-order valence-corrected chi connectivity index (χ0v) is 19.2. The van der Waals surface area contributed by atoms with Crippen molar-refractivity contribution in [2.24, 2.45) is 0 Å². The van der Waals surface area contributed by atoms with Crippen molar-refractivity contribution in [3.05, 3.63) is 35.9 Å². The number of urea groups is 1. The Labute approximate surface area is 190 Å². The van der Waals surface area contributed by atoms with Crippen molar-refractivity contribution < 1.29 is 43.0 Å². The van der Waals surface area contributed by atoms with Crippen LogP contribution in [-0.4, -0.2) is 64.5 Å². The molecule has 1 aliphatic rings. The van der Waals surface area contributed by atoms with E-state index in [1.807, 2.05) is 6.92 Å². The lowest BCUT2D eigenvalue weighted by atomic mass is 9.74. The lowest BCUT2D eigenvalue weighted by molar-refractivity contribution is -0.147. The van der Waals surface area contributed by atoms with Crippen LogP contribution < -0.4 is 10.4 Å². The quantitative estimate of drug-likeness (QED) is 0.205. The maximum Gasteiger partial charge on any atom is 0.432 e. The molecule has 2 unspecified atom stereocenters. The van der Waals surface area contributed by atoms with Gasteiger partial charge in [-0.15, -0.1) is 0 Å². The van der Waals surface area contributed by atoms with Crippen molar-refractivity contribution in [1.29, 1.82) is 0 Å². The molecule has 4 N–H and O–H groups in total. The van der Waals surface area contributed by atoms with E-state index in [9.17, 15) is 23.7 Å². The second kappa shape index (κ2) is 11.4. The average Bonchev–Trinajstić information content (AvgIpc) is 2.74. The normalized spacial score (nSPS) is 19.8. The van der Waals surface area contributed by atoms with Crippen molar-refractivity contribution in [2.45, 2.75) is 44.6 Å². The SMILES string of the molecule is CCCCOCC(CN1C(=O)NC(=O)C(CC)(c2ccccc2)C1=O)OC(=O)NP(=O)(O)O. The van der Waals surface area contributed by atoms with Crippen molar-refractivity contribution in [3.8, 4) is 0 Å².